The molecule has 44 heavy (non-hydrogen) atoms. The van der Waals surface area contributed by atoms with Crippen molar-refractivity contribution >= 4 is 0 Å². The highest BCUT2D eigenvalue weighted by atomic mass is 16.5. The summed E-state index contributed by atoms with van der Waals surface area (Å²) >= 11 is 0. The zero-order chi connectivity index (χ0) is 32.0. The average molecular weight is 639 g/mol. The second kappa shape index (κ2) is 124. The van der Waals surface area contributed by atoms with Crippen molar-refractivity contribution in [2.45, 2.75) is 133 Å². The number of hydrogen-bond acceptors (Lipinski definition) is 4. The van der Waals surface area contributed by atoms with E-state index >= 15 is 0 Å². The minimum atomic E-state index is 0. The monoisotopic (exact) mass is 639 g/mol. The Balaban J connectivity index is -0.0000000196. The van der Waals surface area contributed by atoms with Crippen molar-refractivity contribution in [3.8, 4) is 0 Å². The molecule has 0 saturated heterocycles. The lowest BCUT2D eigenvalue weighted by atomic mass is 10.2. The molecule has 280 valence electrons. The SMILES string of the molecule is C.C.C.C.C.C.CC.CC.CC.CCC.CCc1ccccc1.CCc1ccccc1.CN(C)C.CNC.COC.COC. The summed E-state index contributed by atoms with van der Waals surface area (Å²) in [5, 5.41) is 2.75. The molecule has 1 N–H and O–H groups in total. The van der Waals surface area contributed by atoms with Crippen molar-refractivity contribution in [1.82, 2.24) is 10.2 Å². The van der Waals surface area contributed by atoms with Crippen molar-refractivity contribution in [2.24, 2.45) is 0 Å². The molecular weight excluding hydrogens is 540 g/mol. The molecule has 0 amide bonds. The molecule has 2 aromatic rings. The molecule has 2 aromatic carbocycles. The molecule has 0 saturated carbocycles. The minimum absolute atomic E-state index is 0. The normalized spacial score (nSPS) is 6.18. The third-order valence-corrected chi connectivity index (χ3v) is 2.50. The van der Waals surface area contributed by atoms with Crippen LogP contribution in [0.4, 0.5) is 0 Å². The molecular formula is C40H98N2O2. The van der Waals surface area contributed by atoms with Crippen LogP contribution >= 0.6 is 0 Å². The van der Waals surface area contributed by atoms with Gasteiger partial charge in [-0.25, -0.2) is 0 Å². The molecule has 0 aromatic heterocycles. The van der Waals surface area contributed by atoms with Gasteiger partial charge in [0, 0.05) is 28.4 Å². The van der Waals surface area contributed by atoms with E-state index in [0.717, 1.165) is 12.8 Å². The van der Waals surface area contributed by atoms with Crippen LogP contribution in [-0.2, 0) is 22.3 Å². The van der Waals surface area contributed by atoms with Crippen LogP contribution in [0.5, 0.6) is 0 Å². The summed E-state index contributed by atoms with van der Waals surface area (Å²) in [4.78, 5) is 2.00. The van der Waals surface area contributed by atoms with Crippen LogP contribution in [0, 0.1) is 0 Å². The van der Waals surface area contributed by atoms with Crippen molar-refractivity contribution < 1.29 is 9.47 Å². The van der Waals surface area contributed by atoms with Crippen LogP contribution in [-0.4, -0.2) is 68.6 Å². The van der Waals surface area contributed by atoms with E-state index in [2.05, 4.69) is 91.0 Å². The van der Waals surface area contributed by atoms with Crippen molar-refractivity contribution in [3.63, 3.8) is 0 Å². The maximum atomic E-state index is 4.25. The Morgan fingerprint density at radius 1 is 0.477 bits per heavy atom. The van der Waals surface area contributed by atoms with E-state index in [4.69, 9.17) is 0 Å². The predicted octanol–water partition coefficient (Wildman–Crippen LogP) is 13.3. The van der Waals surface area contributed by atoms with Crippen LogP contribution in [0.25, 0.3) is 0 Å². The lowest BCUT2D eigenvalue weighted by Gasteiger charge is -1.90. The van der Waals surface area contributed by atoms with Gasteiger partial charge in [-0.15, -0.1) is 0 Å². The second-order valence-electron chi connectivity index (χ2n) is 7.04. The second-order valence-corrected chi connectivity index (χ2v) is 7.04. The van der Waals surface area contributed by atoms with Crippen LogP contribution < -0.4 is 5.32 Å². The molecule has 0 aliphatic rings. The van der Waals surface area contributed by atoms with E-state index in [9.17, 15) is 0 Å². The summed E-state index contributed by atoms with van der Waals surface area (Å²) in [6, 6.07) is 20.9. The number of ether oxygens (including phenoxy) is 2. The molecule has 0 atom stereocenters. The third kappa shape index (κ3) is 186. The first-order valence-electron chi connectivity index (χ1n) is 14.3. The smallest absolute Gasteiger partial charge is 0.0351 e. The van der Waals surface area contributed by atoms with Gasteiger partial charge >= 0.3 is 0 Å². The first-order chi connectivity index (χ1) is 18.3. The Morgan fingerprint density at radius 3 is 0.659 bits per heavy atom. The fourth-order valence-corrected chi connectivity index (χ4v) is 1.43. The molecule has 0 radical (unpaired) electrons. The molecule has 0 fully saturated rings. The number of benzene rings is 2. The van der Waals surface area contributed by atoms with E-state index in [-0.39, 0.29) is 44.6 Å². The summed E-state index contributed by atoms with van der Waals surface area (Å²) in [7, 11) is 16.2. The summed E-state index contributed by atoms with van der Waals surface area (Å²) in [5.41, 5.74) is 2.82. The Bertz CT molecular complexity index is 429. The van der Waals surface area contributed by atoms with Crippen molar-refractivity contribution in [2.75, 3.05) is 63.7 Å². The molecule has 4 nitrogen and oxygen atoms in total. The topological polar surface area (TPSA) is 33.7 Å². The number of methoxy groups -OCH3 is 2. The highest BCUT2D eigenvalue weighted by Gasteiger charge is 1.80. The third-order valence-electron chi connectivity index (χ3n) is 2.50. The zero-order valence-electron chi connectivity index (χ0n) is 29.7. The van der Waals surface area contributed by atoms with Gasteiger partial charge in [0.15, 0.2) is 0 Å². The quantitative estimate of drug-likeness (QED) is 0.355. The maximum Gasteiger partial charge on any atom is 0.0351 e. The standard InChI is InChI=1S/2C8H10.C3H9N.C3H8.C2H7N.2C2H6O.3C2H6.6CH4/c2*1-2-8-6-4-3-5-7-8;1-4(2)3;4*1-3-2;3*1-2;;;;;;/h2*3-7H,2H2,1H3;1-3H3;3H2,1-2H3;3H,1-2H3;2*1-2H3;3*1-2H3;6*1H4. The van der Waals surface area contributed by atoms with Gasteiger partial charge in [0.25, 0.3) is 0 Å². The lowest BCUT2D eigenvalue weighted by molar-refractivity contribution is 0.277. The summed E-state index contributed by atoms with van der Waals surface area (Å²) in [6.07, 6.45) is 3.53. The Hall–Kier alpha value is -1.72. The van der Waals surface area contributed by atoms with E-state index < -0.39 is 0 Å². The Labute approximate surface area is 287 Å². The van der Waals surface area contributed by atoms with Crippen LogP contribution in [0.15, 0.2) is 60.7 Å². The number of rotatable bonds is 2. The van der Waals surface area contributed by atoms with Gasteiger partial charge in [0.2, 0.25) is 0 Å². The van der Waals surface area contributed by atoms with Crippen LogP contribution in [0.2, 0.25) is 0 Å². The number of aryl methyl sites for hydroxylation is 2. The molecule has 4 heteroatoms. The number of nitrogens with one attached hydrogen (secondary N) is 1. The van der Waals surface area contributed by atoms with E-state index in [1.165, 1.54) is 17.5 Å². The van der Waals surface area contributed by atoms with Gasteiger partial charge in [0.05, 0.1) is 0 Å². The van der Waals surface area contributed by atoms with Crippen LogP contribution in [0.1, 0.15) is 131 Å². The molecule has 0 unspecified atom stereocenters. The highest BCUT2D eigenvalue weighted by Crippen LogP contribution is 1.97. The average Bonchev–Trinajstić information content (AvgIpc) is 2.95. The van der Waals surface area contributed by atoms with Gasteiger partial charge in [-0.3, -0.25) is 0 Å². The van der Waals surface area contributed by atoms with E-state index in [1.54, 1.807) is 28.4 Å². The van der Waals surface area contributed by atoms with Crippen LogP contribution in [0.3, 0.4) is 0 Å². The molecule has 0 bridgehead atoms. The Morgan fingerprint density at radius 2 is 0.591 bits per heavy atom. The summed E-state index contributed by atoms with van der Waals surface area (Å²) < 4.78 is 8.50. The van der Waals surface area contributed by atoms with E-state index in [0.29, 0.717) is 0 Å². The first-order valence-corrected chi connectivity index (χ1v) is 14.3. The molecule has 0 spiro atoms. The van der Waals surface area contributed by atoms with Gasteiger partial charge in [0.1, 0.15) is 0 Å². The fourth-order valence-electron chi connectivity index (χ4n) is 1.43. The maximum absolute atomic E-state index is 4.25. The van der Waals surface area contributed by atoms with Gasteiger partial charge in [-0.2, -0.15) is 0 Å². The Kier molecular flexibility index (Phi) is 253. The molecule has 0 aliphatic carbocycles. The van der Waals surface area contributed by atoms with E-state index in [1.807, 2.05) is 93.8 Å². The predicted molar refractivity (Wildman–Crippen MR) is 222 cm³/mol. The van der Waals surface area contributed by atoms with Crippen molar-refractivity contribution in [1.29, 1.82) is 0 Å². The largest absolute Gasteiger partial charge is 0.388 e. The van der Waals surface area contributed by atoms with Gasteiger partial charge in [-0.05, 0) is 59.2 Å². The number of hydrogen-bond donors (Lipinski definition) is 1. The molecule has 0 heterocycles. The summed E-state index contributed by atoms with van der Waals surface area (Å²) in [6.45, 7) is 20.6. The molecule has 0 aliphatic heterocycles. The van der Waals surface area contributed by atoms with Crippen molar-refractivity contribution in [3.05, 3.63) is 71.8 Å². The first kappa shape index (κ1) is 90.1. The zero-order valence-corrected chi connectivity index (χ0v) is 29.7. The lowest BCUT2D eigenvalue weighted by Crippen LogP contribution is -1.99. The molecule has 2 rings (SSSR count). The minimum Gasteiger partial charge on any atom is -0.388 e. The fraction of sp³-hybridized carbons (Fsp3) is 0.700. The number of nitrogens with zero attached hydrogens (tertiary/aromatic N) is 1. The van der Waals surface area contributed by atoms with Gasteiger partial charge < -0.3 is 19.7 Å². The van der Waals surface area contributed by atoms with Gasteiger partial charge in [-0.1, -0.05) is 181 Å². The highest BCUT2D eigenvalue weighted by molar-refractivity contribution is 5.14. The summed E-state index contributed by atoms with van der Waals surface area (Å²) in [5.74, 6) is 0.